The van der Waals surface area contributed by atoms with E-state index in [2.05, 4.69) is 15.2 Å². The lowest BCUT2D eigenvalue weighted by atomic mass is 10.1. The molecule has 1 aromatic carbocycles. The topological polar surface area (TPSA) is 84.2 Å². The van der Waals surface area contributed by atoms with Gasteiger partial charge in [-0.3, -0.25) is 0 Å². The largest absolute Gasteiger partial charge is 0.360 e. The molecule has 0 spiro atoms. The number of hydrogen-bond donors (Lipinski definition) is 2. The summed E-state index contributed by atoms with van der Waals surface area (Å²) in [7, 11) is -1.53. The molecule has 0 saturated heterocycles. The Kier molecular flexibility index (Phi) is 5.11. The van der Waals surface area contributed by atoms with Crippen LogP contribution >= 0.6 is 0 Å². The first kappa shape index (κ1) is 15.7. The molecule has 0 atom stereocenters. The number of benzene rings is 1. The highest BCUT2D eigenvalue weighted by Crippen LogP contribution is 2.09. The quantitative estimate of drug-likeness (QED) is 0.806. The zero-order chi connectivity index (χ0) is 15.3. The van der Waals surface area contributed by atoms with Gasteiger partial charge in [-0.2, -0.15) is 0 Å². The second kappa shape index (κ2) is 6.84. The van der Waals surface area contributed by atoms with Crippen LogP contribution in [-0.2, 0) is 28.9 Å². The Hall–Kier alpha value is -1.70. The van der Waals surface area contributed by atoms with Gasteiger partial charge in [0.15, 0.2) is 5.76 Å². The Morgan fingerprint density at radius 3 is 2.38 bits per heavy atom. The smallest absolute Gasteiger partial charge is 0.216 e. The van der Waals surface area contributed by atoms with Gasteiger partial charge >= 0.3 is 0 Å². The van der Waals surface area contributed by atoms with E-state index >= 15 is 0 Å². The van der Waals surface area contributed by atoms with Crippen molar-refractivity contribution >= 4 is 10.0 Å². The van der Waals surface area contributed by atoms with E-state index < -0.39 is 10.0 Å². The highest BCUT2D eigenvalue weighted by Gasteiger charge is 2.12. The molecule has 0 aliphatic heterocycles. The average Bonchev–Trinajstić information content (AvgIpc) is 2.85. The van der Waals surface area contributed by atoms with Gasteiger partial charge < -0.3 is 9.84 Å². The van der Waals surface area contributed by atoms with E-state index in [0.29, 0.717) is 5.76 Å². The van der Waals surface area contributed by atoms with E-state index in [4.69, 9.17) is 4.52 Å². The fourth-order valence-electron chi connectivity index (χ4n) is 1.91. The summed E-state index contributed by atoms with van der Waals surface area (Å²) >= 11 is 0. The van der Waals surface area contributed by atoms with Crippen LogP contribution < -0.4 is 10.0 Å². The van der Waals surface area contributed by atoms with Gasteiger partial charge in [-0.05, 0) is 25.1 Å². The van der Waals surface area contributed by atoms with Crippen LogP contribution in [0.25, 0.3) is 0 Å². The van der Waals surface area contributed by atoms with E-state index in [0.717, 1.165) is 23.4 Å². The van der Waals surface area contributed by atoms with Crippen LogP contribution in [0.4, 0.5) is 0 Å². The van der Waals surface area contributed by atoms with Crippen LogP contribution in [0.15, 0.2) is 34.9 Å². The first-order chi connectivity index (χ1) is 9.98. The lowest BCUT2D eigenvalue weighted by molar-refractivity contribution is 0.377. The second-order valence-electron chi connectivity index (χ2n) is 4.86. The molecule has 6 nitrogen and oxygen atoms in total. The summed E-state index contributed by atoms with van der Waals surface area (Å²) in [6, 6.07) is 9.19. The van der Waals surface area contributed by atoms with Crippen LogP contribution in [0.5, 0.6) is 0 Å². The van der Waals surface area contributed by atoms with Gasteiger partial charge in [-0.15, -0.1) is 0 Å². The molecule has 2 rings (SSSR count). The molecule has 2 N–H and O–H groups in total. The maximum absolute atomic E-state index is 12.0. The first-order valence-electron chi connectivity index (χ1n) is 6.60. The van der Waals surface area contributed by atoms with Gasteiger partial charge in [0.1, 0.15) is 0 Å². The number of sulfonamides is 1. The number of aromatic nitrogens is 1. The SMILES string of the molecule is CNCc1ccc(CS(=O)(=O)NCc2cc(C)no2)cc1. The van der Waals surface area contributed by atoms with Gasteiger partial charge in [0, 0.05) is 12.6 Å². The average molecular weight is 309 g/mol. The summed E-state index contributed by atoms with van der Waals surface area (Å²) in [5.41, 5.74) is 2.59. The Morgan fingerprint density at radius 2 is 1.81 bits per heavy atom. The third-order valence-corrected chi connectivity index (χ3v) is 4.20. The lowest BCUT2D eigenvalue weighted by Gasteiger charge is -2.06. The van der Waals surface area contributed by atoms with Crippen molar-refractivity contribution in [2.45, 2.75) is 25.8 Å². The molecule has 114 valence electrons. The molecule has 0 bridgehead atoms. The van der Waals surface area contributed by atoms with Crippen LogP contribution in [0.3, 0.4) is 0 Å². The summed E-state index contributed by atoms with van der Waals surface area (Å²) in [6.45, 7) is 2.66. The monoisotopic (exact) mass is 309 g/mol. The lowest BCUT2D eigenvalue weighted by Crippen LogP contribution is -2.24. The van der Waals surface area contributed by atoms with Crippen LogP contribution in [0, 0.1) is 6.92 Å². The van der Waals surface area contributed by atoms with E-state index in [1.165, 1.54) is 0 Å². The fraction of sp³-hybridized carbons (Fsp3) is 0.357. The van der Waals surface area contributed by atoms with Gasteiger partial charge in [0.05, 0.1) is 18.0 Å². The van der Waals surface area contributed by atoms with Crippen molar-refractivity contribution < 1.29 is 12.9 Å². The molecular weight excluding hydrogens is 290 g/mol. The van der Waals surface area contributed by atoms with Gasteiger partial charge in [-0.25, -0.2) is 13.1 Å². The van der Waals surface area contributed by atoms with Gasteiger partial charge in [0.25, 0.3) is 0 Å². The van der Waals surface area contributed by atoms with Gasteiger partial charge in [0.2, 0.25) is 10.0 Å². The molecule has 0 aliphatic rings. The van der Waals surface area contributed by atoms with Crippen molar-refractivity contribution in [2.24, 2.45) is 0 Å². The molecule has 7 heteroatoms. The maximum Gasteiger partial charge on any atom is 0.216 e. The number of nitrogens with one attached hydrogen (secondary N) is 2. The van der Waals surface area contributed by atoms with Crippen LogP contribution in [0.1, 0.15) is 22.6 Å². The molecule has 0 saturated carbocycles. The van der Waals surface area contributed by atoms with Crippen molar-refractivity contribution in [1.29, 1.82) is 0 Å². The number of aryl methyl sites for hydroxylation is 1. The predicted octanol–water partition coefficient (Wildman–Crippen LogP) is 1.32. The summed E-state index contributed by atoms with van der Waals surface area (Å²) in [4.78, 5) is 0. The Labute approximate surface area is 124 Å². The molecule has 1 heterocycles. The maximum atomic E-state index is 12.0. The summed E-state index contributed by atoms with van der Waals surface area (Å²) in [5.74, 6) is 0.445. The third-order valence-electron chi connectivity index (χ3n) is 2.90. The zero-order valence-electron chi connectivity index (χ0n) is 12.1. The standard InChI is InChI=1S/C14H19N3O3S/c1-11-7-14(20-17-11)9-16-21(18,19)10-13-5-3-12(4-6-13)8-15-2/h3-7,15-16H,8-10H2,1-2H3. The minimum Gasteiger partial charge on any atom is -0.360 e. The highest BCUT2D eigenvalue weighted by atomic mass is 32.2. The second-order valence-corrected chi connectivity index (χ2v) is 6.67. The normalized spacial score (nSPS) is 11.7. The van der Waals surface area contributed by atoms with E-state index in [1.807, 2.05) is 31.3 Å². The van der Waals surface area contributed by atoms with Crippen molar-refractivity contribution in [3.8, 4) is 0 Å². The van der Waals surface area contributed by atoms with E-state index in [9.17, 15) is 8.42 Å². The van der Waals surface area contributed by atoms with Crippen LogP contribution in [0.2, 0.25) is 0 Å². The van der Waals surface area contributed by atoms with E-state index in [-0.39, 0.29) is 12.3 Å². The Bertz CT molecular complexity index is 678. The molecule has 0 aliphatic carbocycles. The van der Waals surface area contributed by atoms with Crippen molar-refractivity contribution in [1.82, 2.24) is 15.2 Å². The first-order valence-corrected chi connectivity index (χ1v) is 8.26. The summed E-state index contributed by atoms with van der Waals surface area (Å²) < 4.78 is 31.5. The predicted molar refractivity (Wildman–Crippen MR) is 79.9 cm³/mol. The van der Waals surface area contributed by atoms with Crippen molar-refractivity contribution in [3.63, 3.8) is 0 Å². The van der Waals surface area contributed by atoms with Crippen LogP contribution in [-0.4, -0.2) is 20.6 Å². The molecule has 0 amide bonds. The minimum atomic E-state index is -3.40. The molecule has 0 fully saturated rings. The third kappa shape index (κ3) is 4.96. The molecule has 2 aromatic rings. The van der Waals surface area contributed by atoms with Crippen molar-refractivity contribution in [3.05, 3.63) is 52.9 Å². The zero-order valence-corrected chi connectivity index (χ0v) is 12.9. The molecule has 1 aromatic heterocycles. The fourth-order valence-corrected chi connectivity index (χ4v) is 3.00. The Balaban J connectivity index is 1.93. The molecule has 0 radical (unpaired) electrons. The molecule has 0 unspecified atom stereocenters. The molecular formula is C14H19N3O3S. The molecule has 21 heavy (non-hydrogen) atoms. The number of rotatable bonds is 7. The van der Waals surface area contributed by atoms with Gasteiger partial charge in [-0.1, -0.05) is 29.4 Å². The number of hydrogen-bond acceptors (Lipinski definition) is 5. The van der Waals surface area contributed by atoms with Crippen molar-refractivity contribution in [2.75, 3.05) is 7.05 Å². The Morgan fingerprint density at radius 1 is 1.14 bits per heavy atom. The van der Waals surface area contributed by atoms with E-state index in [1.54, 1.807) is 13.0 Å². The summed E-state index contributed by atoms with van der Waals surface area (Å²) in [5, 5.41) is 6.76. The highest BCUT2D eigenvalue weighted by molar-refractivity contribution is 7.88. The summed E-state index contributed by atoms with van der Waals surface area (Å²) in [6.07, 6.45) is 0. The number of nitrogens with zero attached hydrogens (tertiary/aromatic N) is 1. The minimum absolute atomic E-state index is 0.0556.